The molecule has 2 atom stereocenters. The number of hydrogen-bond acceptors (Lipinski definition) is 4. The van der Waals surface area contributed by atoms with Gasteiger partial charge >= 0.3 is 0 Å². The number of hydrogen-bond donors (Lipinski definition) is 2. The van der Waals surface area contributed by atoms with Crippen LogP contribution in [0.4, 0.5) is 5.13 Å². The van der Waals surface area contributed by atoms with E-state index in [-0.39, 0.29) is 6.10 Å². The van der Waals surface area contributed by atoms with Gasteiger partial charge in [-0.15, -0.1) is 11.3 Å². The van der Waals surface area contributed by atoms with Crippen LogP contribution in [-0.4, -0.2) is 22.7 Å². The van der Waals surface area contributed by atoms with E-state index in [0.717, 1.165) is 30.9 Å². The van der Waals surface area contributed by atoms with Gasteiger partial charge in [-0.3, -0.25) is 0 Å². The van der Waals surface area contributed by atoms with Crippen molar-refractivity contribution in [3.8, 4) is 0 Å². The van der Waals surface area contributed by atoms with Gasteiger partial charge < -0.3 is 10.4 Å². The van der Waals surface area contributed by atoms with Crippen molar-refractivity contribution in [1.82, 2.24) is 4.98 Å². The van der Waals surface area contributed by atoms with Gasteiger partial charge in [0.25, 0.3) is 0 Å². The standard InChI is InChI=1S/C10H16N2OS/c13-9-3-1-2-8(6-9)7-12-10-11-4-5-14-10/h4-5,8-9,13H,1-3,6-7H2,(H,11,12). The van der Waals surface area contributed by atoms with Crippen molar-refractivity contribution < 1.29 is 5.11 Å². The lowest BCUT2D eigenvalue weighted by molar-refractivity contribution is 0.105. The van der Waals surface area contributed by atoms with Crippen LogP contribution in [0.3, 0.4) is 0 Å². The number of nitrogens with zero attached hydrogens (tertiary/aromatic N) is 1. The van der Waals surface area contributed by atoms with Crippen molar-refractivity contribution in [2.24, 2.45) is 5.92 Å². The molecule has 14 heavy (non-hydrogen) atoms. The van der Waals surface area contributed by atoms with Crippen LogP contribution in [0.1, 0.15) is 25.7 Å². The smallest absolute Gasteiger partial charge is 0.182 e. The Balaban J connectivity index is 1.75. The molecule has 1 heterocycles. The molecule has 78 valence electrons. The Kier molecular flexibility index (Phi) is 3.37. The molecule has 0 saturated heterocycles. The van der Waals surface area contributed by atoms with Gasteiger partial charge in [0, 0.05) is 18.1 Å². The summed E-state index contributed by atoms with van der Waals surface area (Å²) >= 11 is 1.63. The topological polar surface area (TPSA) is 45.1 Å². The van der Waals surface area contributed by atoms with Crippen LogP contribution >= 0.6 is 11.3 Å². The lowest BCUT2D eigenvalue weighted by atomic mass is 9.87. The number of nitrogens with one attached hydrogen (secondary N) is 1. The molecule has 1 aliphatic carbocycles. The van der Waals surface area contributed by atoms with Crippen LogP contribution in [0.5, 0.6) is 0 Å². The molecule has 0 aliphatic heterocycles. The number of thiazole rings is 1. The van der Waals surface area contributed by atoms with Gasteiger partial charge in [-0.05, 0) is 25.2 Å². The zero-order valence-corrected chi connectivity index (χ0v) is 8.96. The van der Waals surface area contributed by atoms with Crippen molar-refractivity contribution in [2.45, 2.75) is 31.8 Å². The fraction of sp³-hybridized carbons (Fsp3) is 0.700. The van der Waals surface area contributed by atoms with Crippen LogP contribution in [0.15, 0.2) is 11.6 Å². The predicted octanol–water partition coefficient (Wildman–Crippen LogP) is 2.11. The molecular weight excluding hydrogens is 196 g/mol. The van der Waals surface area contributed by atoms with Gasteiger partial charge in [-0.2, -0.15) is 0 Å². The molecule has 1 aliphatic rings. The van der Waals surface area contributed by atoms with Crippen LogP contribution in [0, 0.1) is 5.92 Å². The Bertz CT molecular complexity index is 263. The third kappa shape index (κ3) is 2.69. The van der Waals surface area contributed by atoms with E-state index < -0.39 is 0 Å². The van der Waals surface area contributed by atoms with E-state index >= 15 is 0 Å². The molecule has 0 spiro atoms. The molecule has 2 N–H and O–H groups in total. The summed E-state index contributed by atoms with van der Waals surface area (Å²) < 4.78 is 0. The van der Waals surface area contributed by atoms with E-state index in [2.05, 4.69) is 10.3 Å². The molecule has 2 rings (SSSR count). The minimum Gasteiger partial charge on any atom is -0.393 e. The first-order valence-electron chi connectivity index (χ1n) is 5.16. The summed E-state index contributed by atoms with van der Waals surface area (Å²) in [5.41, 5.74) is 0. The Labute approximate surface area is 88.2 Å². The van der Waals surface area contributed by atoms with E-state index in [1.165, 1.54) is 6.42 Å². The van der Waals surface area contributed by atoms with Gasteiger partial charge in [0.15, 0.2) is 5.13 Å². The highest BCUT2D eigenvalue weighted by molar-refractivity contribution is 7.13. The van der Waals surface area contributed by atoms with Gasteiger partial charge in [0.05, 0.1) is 6.10 Å². The third-order valence-corrected chi connectivity index (χ3v) is 3.46. The maximum absolute atomic E-state index is 9.50. The first kappa shape index (κ1) is 9.93. The van der Waals surface area contributed by atoms with Crippen LogP contribution in [0.2, 0.25) is 0 Å². The van der Waals surface area contributed by atoms with Crippen molar-refractivity contribution in [3.63, 3.8) is 0 Å². The third-order valence-electron chi connectivity index (χ3n) is 2.73. The van der Waals surface area contributed by atoms with Crippen molar-refractivity contribution in [1.29, 1.82) is 0 Å². The molecule has 0 aromatic carbocycles. The van der Waals surface area contributed by atoms with E-state index in [9.17, 15) is 5.11 Å². The maximum Gasteiger partial charge on any atom is 0.182 e. The second kappa shape index (κ2) is 4.75. The molecule has 2 unspecified atom stereocenters. The van der Waals surface area contributed by atoms with Gasteiger partial charge in [0.1, 0.15) is 0 Å². The number of aromatic nitrogens is 1. The fourth-order valence-electron chi connectivity index (χ4n) is 1.99. The van der Waals surface area contributed by atoms with Crippen molar-refractivity contribution in [3.05, 3.63) is 11.6 Å². The van der Waals surface area contributed by atoms with Gasteiger partial charge in [0.2, 0.25) is 0 Å². The van der Waals surface area contributed by atoms with E-state index in [0.29, 0.717) is 5.92 Å². The van der Waals surface area contributed by atoms with Gasteiger partial charge in [-0.1, -0.05) is 6.42 Å². The average Bonchev–Trinajstić information content (AvgIpc) is 2.67. The Hall–Kier alpha value is -0.610. The molecule has 1 fully saturated rings. The maximum atomic E-state index is 9.50. The zero-order valence-electron chi connectivity index (χ0n) is 8.15. The summed E-state index contributed by atoms with van der Waals surface area (Å²) in [6.07, 6.45) is 6.04. The minimum absolute atomic E-state index is 0.0770. The molecule has 1 aromatic rings. The lowest BCUT2D eigenvalue weighted by Gasteiger charge is -2.25. The summed E-state index contributed by atoms with van der Waals surface area (Å²) in [4.78, 5) is 4.16. The van der Waals surface area contributed by atoms with Crippen molar-refractivity contribution >= 4 is 16.5 Å². The second-order valence-electron chi connectivity index (χ2n) is 3.90. The van der Waals surface area contributed by atoms with Gasteiger partial charge in [-0.25, -0.2) is 4.98 Å². The number of anilines is 1. The fourth-order valence-corrected chi connectivity index (χ4v) is 2.53. The molecule has 0 bridgehead atoms. The molecule has 0 amide bonds. The minimum atomic E-state index is -0.0770. The van der Waals surface area contributed by atoms with E-state index in [4.69, 9.17) is 0 Å². The highest BCUT2D eigenvalue weighted by Gasteiger charge is 2.19. The summed E-state index contributed by atoms with van der Waals surface area (Å²) in [5, 5.41) is 15.8. The largest absolute Gasteiger partial charge is 0.393 e. The number of aliphatic hydroxyl groups excluding tert-OH is 1. The normalized spacial score (nSPS) is 27.5. The highest BCUT2D eigenvalue weighted by atomic mass is 32.1. The Morgan fingerprint density at radius 2 is 2.50 bits per heavy atom. The number of rotatable bonds is 3. The predicted molar refractivity (Wildman–Crippen MR) is 58.6 cm³/mol. The summed E-state index contributed by atoms with van der Waals surface area (Å²) in [5.74, 6) is 0.614. The molecule has 4 heteroatoms. The molecule has 1 saturated carbocycles. The van der Waals surface area contributed by atoms with Crippen LogP contribution in [0.25, 0.3) is 0 Å². The summed E-state index contributed by atoms with van der Waals surface area (Å²) in [6.45, 7) is 0.949. The Morgan fingerprint density at radius 3 is 3.21 bits per heavy atom. The van der Waals surface area contributed by atoms with E-state index in [1.54, 1.807) is 11.3 Å². The zero-order chi connectivity index (χ0) is 9.80. The molecular formula is C10H16N2OS. The quantitative estimate of drug-likeness (QED) is 0.806. The lowest BCUT2D eigenvalue weighted by Crippen LogP contribution is -2.24. The molecule has 0 radical (unpaired) electrons. The van der Waals surface area contributed by atoms with Crippen LogP contribution in [-0.2, 0) is 0 Å². The first-order chi connectivity index (χ1) is 6.84. The summed E-state index contributed by atoms with van der Waals surface area (Å²) in [6, 6.07) is 0. The second-order valence-corrected chi connectivity index (χ2v) is 4.80. The molecule has 1 aromatic heterocycles. The summed E-state index contributed by atoms with van der Waals surface area (Å²) in [7, 11) is 0. The first-order valence-corrected chi connectivity index (χ1v) is 6.04. The number of aliphatic hydroxyl groups is 1. The average molecular weight is 212 g/mol. The highest BCUT2D eigenvalue weighted by Crippen LogP contribution is 2.24. The Morgan fingerprint density at radius 1 is 1.57 bits per heavy atom. The van der Waals surface area contributed by atoms with E-state index in [1.807, 2.05) is 11.6 Å². The SMILES string of the molecule is OC1CCCC(CNc2nccs2)C1. The van der Waals surface area contributed by atoms with Crippen LogP contribution < -0.4 is 5.32 Å². The van der Waals surface area contributed by atoms with Crippen molar-refractivity contribution in [2.75, 3.05) is 11.9 Å². The molecule has 3 nitrogen and oxygen atoms in total. The monoisotopic (exact) mass is 212 g/mol.